The fourth-order valence-corrected chi connectivity index (χ4v) is 3.59. The first-order valence-corrected chi connectivity index (χ1v) is 10.4. The second-order valence-corrected chi connectivity index (χ2v) is 7.83. The topological polar surface area (TPSA) is 103 Å². The van der Waals surface area contributed by atoms with E-state index < -0.39 is 0 Å². The van der Waals surface area contributed by atoms with Crippen LogP contribution in [0.4, 0.5) is 0 Å². The van der Waals surface area contributed by atoms with Crippen LogP contribution in [0.5, 0.6) is 5.75 Å². The van der Waals surface area contributed by atoms with Gasteiger partial charge in [0.05, 0.1) is 18.0 Å². The van der Waals surface area contributed by atoms with Gasteiger partial charge in [0.15, 0.2) is 12.0 Å². The maximum Gasteiger partial charge on any atom is 0.262 e. The van der Waals surface area contributed by atoms with Crippen molar-refractivity contribution in [3.05, 3.63) is 70.7 Å². The molecule has 0 aliphatic carbocycles. The number of aldehydes is 1. The molecule has 2 heterocycles. The maximum atomic E-state index is 13.6. The highest BCUT2D eigenvalue weighted by Gasteiger charge is 2.17. The number of ether oxygens (including phenoxy) is 1. The Hall–Kier alpha value is -4.20. The molecule has 0 atom stereocenters. The second kappa shape index (κ2) is 9.12. The number of nitrogens with one attached hydrogen (secondary N) is 1. The van der Waals surface area contributed by atoms with Crippen LogP contribution >= 0.6 is 0 Å². The zero-order chi connectivity index (χ0) is 23.5. The van der Waals surface area contributed by atoms with Gasteiger partial charge in [0.1, 0.15) is 23.9 Å². The first-order valence-electron chi connectivity index (χ1n) is 10.4. The van der Waals surface area contributed by atoms with Crippen molar-refractivity contribution < 1.29 is 18.7 Å². The molecule has 0 unspecified atom stereocenters. The van der Waals surface area contributed by atoms with Crippen molar-refractivity contribution in [2.45, 2.75) is 26.4 Å². The number of benzene rings is 2. The molecule has 0 spiro atoms. The predicted molar refractivity (Wildman–Crippen MR) is 124 cm³/mol. The van der Waals surface area contributed by atoms with Crippen molar-refractivity contribution in [1.82, 2.24) is 14.9 Å². The number of furan rings is 1. The average molecular weight is 445 g/mol. The van der Waals surface area contributed by atoms with E-state index in [1.165, 1.54) is 4.57 Å². The van der Waals surface area contributed by atoms with E-state index in [2.05, 4.69) is 5.32 Å². The van der Waals surface area contributed by atoms with Crippen molar-refractivity contribution in [3.8, 4) is 28.5 Å². The minimum atomic E-state index is -0.360. The van der Waals surface area contributed by atoms with Gasteiger partial charge in [0.2, 0.25) is 5.91 Å². The summed E-state index contributed by atoms with van der Waals surface area (Å²) in [5.74, 6) is 1.33. The molecule has 0 saturated carbocycles. The van der Waals surface area contributed by atoms with E-state index in [-0.39, 0.29) is 29.8 Å². The number of nitrogens with zero attached hydrogens (tertiary/aromatic N) is 2. The van der Waals surface area contributed by atoms with E-state index in [0.29, 0.717) is 45.7 Å². The Balaban J connectivity index is 1.90. The SMILES string of the molecule is COc1cccc(-c2nc3ccc(-c4ccc(C=O)o4)cc3c(=O)n2CC(=O)NC(C)C)c1. The third-order valence-electron chi connectivity index (χ3n) is 5.06. The molecule has 0 aliphatic rings. The van der Waals surface area contributed by atoms with Crippen LogP contribution < -0.4 is 15.6 Å². The predicted octanol–water partition coefficient (Wildman–Crippen LogP) is 3.67. The van der Waals surface area contributed by atoms with E-state index in [1.54, 1.807) is 55.6 Å². The van der Waals surface area contributed by atoms with Crippen LogP contribution in [0.25, 0.3) is 33.6 Å². The first-order chi connectivity index (χ1) is 15.9. The van der Waals surface area contributed by atoms with Crippen molar-refractivity contribution in [2.24, 2.45) is 0 Å². The average Bonchev–Trinajstić information content (AvgIpc) is 3.29. The van der Waals surface area contributed by atoms with Gasteiger partial charge in [0, 0.05) is 17.2 Å². The monoisotopic (exact) mass is 445 g/mol. The van der Waals surface area contributed by atoms with Crippen LogP contribution in [0.2, 0.25) is 0 Å². The summed E-state index contributed by atoms with van der Waals surface area (Å²) in [4.78, 5) is 41.8. The van der Waals surface area contributed by atoms with Crippen LogP contribution in [-0.2, 0) is 11.3 Å². The maximum absolute atomic E-state index is 13.6. The van der Waals surface area contributed by atoms with Gasteiger partial charge < -0.3 is 14.5 Å². The third kappa shape index (κ3) is 4.55. The minimum Gasteiger partial charge on any atom is -0.497 e. The lowest BCUT2D eigenvalue weighted by Gasteiger charge is -2.15. The Kier molecular flexibility index (Phi) is 6.08. The summed E-state index contributed by atoms with van der Waals surface area (Å²) in [5.41, 5.74) is 1.39. The lowest BCUT2D eigenvalue weighted by molar-refractivity contribution is -0.122. The molecule has 33 heavy (non-hydrogen) atoms. The summed E-state index contributed by atoms with van der Waals surface area (Å²) >= 11 is 0. The van der Waals surface area contributed by atoms with Crippen LogP contribution in [0.3, 0.4) is 0 Å². The van der Waals surface area contributed by atoms with Gasteiger partial charge in [-0.25, -0.2) is 4.98 Å². The van der Waals surface area contributed by atoms with Crippen LogP contribution in [0.1, 0.15) is 24.4 Å². The van der Waals surface area contributed by atoms with Crippen molar-refractivity contribution in [1.29, 1.82) is 0 Å². The molecule has 0 bridgehead atoms. The van der Waals surface area contributed by atoms with Crippen LogP contribution in [-0.4, -0.2) is 34.9 Å². The molecule has 168 valence electrons. The summed E-state index contributed by atoms with van der Waals surface area (Å²) in [7, 11) is 1.56. The van der Waals surface area contributed by atoms with E-state index in [4.69, 9.17) is 14.1 Å². The summed E-state index contributed by atoms with van der Waals surface area (Å²) in [6.07, 6.45) is 0.618. The fraction of sp³-hybridized carbons (Fsp3) is 0.200. The summed E-state index contributed by atoms with van der Waals surface area (Å²) in [6, 6.07) is 15.5. The van der Waals surface area contributed by atoms with Crippen LogP contribution in [0.15, 0.2) is 63.8 Å². The quantitative estimate of drug-likeness (QED) is 0.436. The Morgan fingerprint density at radius 2 is 1.97 bits per heavy atom. The smallest absolute Gasteiger partial charge is 0.262 e. The highest BCUT2D eigenvalue weighted by atomic mass is 16.5. The van der Waals surface area contributed by atoms with Gasteiger partial charge >= 0.3 is 0 Å². The molecule has 0 saturated heterocycles. The number of rotatable bonds is 7. The minimum absolute atomic E-state index is 0.0699. The van der Waals surface area contributed by atoms with E-state index >= 15 is 0 Å². The molecule has 0 aliphatic heterocycles. The van der Waals surface area contributed by atoms with Gasteiger partial charge in [-0.05, 0) is 56.3 Å². The molecular weight excluding hydrogens is 422 g/mol. The lowest BCUT2D eigenvalue weighted by atomic mass is 10.1. The van der Waals surface area contributed by atoms with Gasteiger partial charge in [-0.3, -0.25) is 19.0 Å². The zero-order valence-corrected chi connectivity index (χ0v) is 18.5. The summed E-state index contributed by atoms with van der Waals surface area (Å²) in [5, 5.41) is 3.15. The highest BCUT2D eigenvalue weighted by Crippen LogP contribution is 2.27. The standard InChI is InChI=1S/C25H23N3O5/c1-15(2)26-23(30)13-28-24(17-5-4-6-18(11-17)32-3)27-21-9-7-16(12-20(21)25(28)31)22-10-8-19(14-29)33-22/h4-12,14-15H,13H2,1-3H3,(H,26,30). The number of hydrogen-bond acceptors (Lipinski definition) is 6. The van der Waals surface area contributed by atoms with Gasteiger partial charge in [-0.1, -0.05) is 12.1 Å². The summed E-state index contributed by atoms with van der Waals surface area (Å²) in [6.45, 7) is 3.52. The van der Waals surface area contributed by atoms with E-state index in [0.717, 1.165) is 0 Å². The number of methoxy groups -OCH3 is 1. The molecule has 0 radical (unpaired) electrons. The molecule has 8 heteroatoms. The Morgan fingerprint density at radius 1 is 1.15 bits per heavy atom. The molecule has 2 aromatic carbocycles. The van der Waals surface area contributed by atoms with E-state index in [9.17, 15) is 14.4 Å². The number of amides is 1. The normalized spacial score (nSPS) is 11.0. The lowest BCUT2D eigenvalue weighted by Crippen LogP contribution is -2.37. The zero-order valence-electron chi connectivity index (χ0n) is 18.5. The van der Waals surface area contributed by atoms with Crippen molar-refractivity contribution in [2.75, 3.05) is 7.11 Å². The molecule has 4 rings (SSSR count). The van der Waals surface area contributed by atoms with E-state index in [1.807, 2.05) is 19.9 Å². The van der Waals surface area contributed by atoms with Crippen molar-refractivity contribution >= 4 is 23.1 Å². The molecule has 2 aromatic heterocycles. The largest absolute Gasteiger partial charge is 0.497 e. The number of carbonyl (C=O) groups excluding carboxylic acids is 2. The molecule has 0 fully saturated rings. The number of aromatic nitrogens is 2. The molecule has 1 amide bonds. The third-order valence-corrected chi connectivity index (χ3v) is 5.06. The molecular formula is C25H23N3O5. The number of fused-ring (bicyclic) bond motifs is 1. The van der Waals surface area contributed by atoms with Gasteiger partial charge in [-0.15, -0.1) is 0 Å². The molecule has 4 aromatic rings. The second-order valence-electron chi connectivity index (χ2n) is 7.83. The Bertz CT molecular complexity index is 1400. The fourth-order valence-electron chi connectivity index (χ4n) is 3.59. The Labute approximate surface area is 189 Å². The molecule has 8 nitrogen and oxygen atoms in total. The van der Waals surface area contributed by atoms with Gasteiger partial charge in [-0.2, -0.15) is 0 Å². The first kappa shape index (κ1) is 22.0. The summed E-state index contributed by atoms with van der Waals surface area (Å²) < 4.78 is 12.2. The number of carbonyl (C=O) groups is 2. The molecule has 1 N–H and O–H groups in total. The van der Waals surface area contributed by atoms with Crippen LogP contribution in [0, 0.1) is 0 Å². The highest BCUT2D eigenvalue weighted by molar-refractivity contribution is 5.86. The van der Waals surface area contributed by atoms with Gasteiger partial charge in [0.25, 0.3) is 5.56 Å². The number of hydrogen-bond donors (Lipinski definition) is 1. The Morgan fingerprint density at radius 3 is 2.67 bits per heavy atom. The van der Waals surface area contributed by atoms with Crippen molar-refractivity contribution in [3.63, 3.8) is 0 Å².